The van der Waals surface area contributed by atoms with Crippen LogP contribution in [0.15, 0.2) is 0 Å². The zero-order chi connectivity index (χ0) is 13.0. The molecule has 17 heavy (non-hydrogen) atoms. The fourth-order valence-corrected chi connectivity index (χ4v) is 1.76. The van der Waals surface area contributed by atoms with Crippen LogP contribution in [0.3, 0.4) is 0 Å². The van der Waals surface area contributed by atoms with Gasteiger partial charge in [0.1, 0.15) is 0 Å². The number of amides is 1. The second-order valence-corrected chi connectivity index (χ2v) is 4.82. The van der Waals surface area contributed by atoms with E-state index in [9.17, 15) is 9.59 Å². The van der Waals surface area contributed by atoms with E-state index in [4.69, 9.17) is 10.8 Å². The number of hydrogen-bond acceptors (Lipinski definition) is 3. The molecule has 0 saturated heterocycles. The quantitative estimate of drug-likeness (QED) is 0.692. The summed E-state index contributed by atoms with van der Waals surface area (Å²) in [6.07, 6.45) is 2.79. The Morgan fingerprint density at radius 2 is 2.06 bits per heavy atom. The van der Waals surface area contributed by atoms with Crippen molar-refractivity contribution in [1.82, 2.24) is 4.90 Å². The predicted molar refractivity (Wildman–Crippen MR) is 64.4 cm³/mol. The van der Waals surface area contributed by atoms with E-state index in [1.807, 2.05) is 13.8 Å². The van der Waals surface area contributed by atoms with Gasteiger partial charge in [0, 0.05) is 12.6 Å². The standard InChI is InChI=1S/C12H22N2O3/c1-3-8(2)11(13)12(17)14(9-4-5-9)7-6-10(15)16/h8-9,11H,3-7,13H2,1-2H3,(H,15,16)/t8?,11-/m0/s1. The van der Waals surface area contributed by atoms with Crippen molar-refractivity contribution in [3.8, 4) is 0 Å². The zero-order valence-corrected chi connectivity index (χ0v) is 10.6. The van der Waals surface area contributed by atoms with E-state index in [2.05, 4.69) is 0 Å². The van der Waals surface area contributed by atoms with Crippen molar-refractivity contribution in [2.45, 2.75) is 51.6 Å². The highest BCUT2D eigenvalue weighted by Crippen LogP contribution is 2.28. The van der Waals surface area contributed by atoms with Gasteiger partial charge in [-0.3, -0.25) is 9.59 Å². The van der Waals surface area contributed by atoms with Crippen LogP contribution in [0.2, 0.25) is 0 Å². The summed E-state index contributed by atoms with van der Waals surface area (Å²) in [7, 11) is 0. The number of carbonyl (C=O) groups excluding carboxylic acids is 1. The summed E-state index contributed by atoms with van der Waals surface area (Å²) in [5.74, 6) is -0.836. The van der Waals surface area contributed by atoms with Gasteiger partial charge in [-0.05, 0) is 18.8 Å². The van der Waals surface area contributed by atoms with Gasteiger partial charge in [-0.2, -0.15) is 0 Å². The summed E-state index contributed by atoms with van der Waals surface area (Å²) < 4.78 is 0. The summed E-state index contributed by atoms with van der Waals surface area (Å²) in [6, 6.07) is -0.286. The van der Waals surface area contributed by atoms with Crippen molar-refractivity contribution in [2.24, 2.45) is 11.7 Å². The van der Waals surface area contributed by atoms with E-state index in [0.717, 1.165) is 19.3 Å². The summed E-state index contributed by atoms with van der Waals surface area (Å²) >= 11 is 0. The Labute approximate surface area is 102 Å². The lowest BCUT2D eigenvalue weighted by molar-refractivity contribution is -0.139. The number of rotatable bonds is 7. The van der Waals surface area contributed by atoms with Crippen molar-refractivity contribution >= 4 is 11.9 Å². The van der Waals surface area contributed by atoms with E-state index in [1.165, 1.54) is 0 Å². The number of nitrogens with two attached hydrogens (primary N) is 1. The molecule has 0 heterocycles. The molecule has 0 spiro atoms. The molecule has 1 amide bonds. The first-order chi connectivity index (χ1) is 7.97. The second kappa shape index (κ2) is 6.00. The molecule has 5 nitrogen and oxygen atoms in total. The highest BCUT2D eigenvalue weighted by molar-refractivity contribution is 5.83. The molecule has 0 aromatic carbocycles. The first kappa shape index (κ1) is 14.0. The van der Waals surface area contributed by atoms with Gasteiger partial charge in [-0.25, -0.2) is 0 Å². The topological polar surface area (TPSA) is 83.6 Å². The Hall–Kier alpha value is -1.10. The molecule has 2 atom stereocenters. The number of aliphatic carboxylic acids is 1. The summed E-state index contributed by atoms with van der Waals surface area (Å²) in [5, 5.41) is 8.67. The predicted octanol–water partition coefficient (Wildman–Crippen LogP) is 0.826. The molecular weight excluding hydrogens is 220 g/mol. The van der Waals surface area contributed by atoms with Crippen molar-refractivity contribution in [3.63, 3.8) is 0 Å². The van der Waals surface area contributed by atoms with E-state index in [1.54, 1.807) is 4.90 Å². The maximum atomic E-state index is 12.1. The lowest BCUT2D eigenvalue weighted by atomic mass is 9.98. The molecule has 1 saturated carbocycles. The van der Waals surface area contributed by atoms with Crippen LogP contribution in [0.25, 0.3) is 0 Å². The van der Waals surface area contributed by atoms with Gasteiger partial charge < -0.3 is 15.7 Å². The van der Waals surface area contributed by atoms with E-state index < -0.39 is 12.0 Å². The minimum atomic E-state index is -0.874. The number of hydrogen-bond donors (Lipinski definition) is 2. The molecule has 1 unspecified atom stereocenters. The molecule has 5 heteroatoms. The van der Waals surface area contributed by atoms with E-state index in [0.29, 0.717) is 0 Å². The molecule has 0 aliphatic heterocycles. The highest BCUT2D eigenvalue weighted by Gasteiger charge is 2.35. The molecule has 0 aromatic heterocycles. The Kier molecular flexibility index (Phi) is 4.93. The monoisotopic (exact) mass is 242 g/mol. The summed E-state index contributed by atoms with van der Waals surface area (Å²) in [5.41, 5.74) is 5.91. The van der Waals surface area contributed by atoms with Gasteiger partial charge in [0.25, 0.3) is 0 Å². The number of carboxylic acids is 1. The van der Waals surface area contributed by atoms with Gasteiger partial charge in [0.05, 0.1) is 12.5 Å². The second-order valence-electron chi connectivity index (χ2n) is 4.82. The average Bonchev–Trinajstić information content (AvgIpc) is 3.10. The Bertz CT molecular complexity index is 289. The Balaban J connectivity index is 2.57. The first-order valence-corrected chi connectivity index (χ1v) is 6.25. The van der Waals surface area contributed by atoms with E-state index in [-0.39, 0.29) is 30.8 Å². The minimum absolute atomic E-state index is 0.00450. The van der Waals surface area contributed by atoms with E-state index >= 15 is 0 Å². The number of carboxylic acid groups (broad SMARTS) is 1. The molecule has 1 aliphatic carbocycles. The summed E-state index contributed by atoms with van der Waals surface area (Å²) in [6.45, 7) is 4.23. The number of nitrogens with zero attached hydrogens (tertiary/aromatic N) is 1. The molecular formula is C12H22N2O3. The minimum Gasteiger partial charge on any atom is -0.481 e. The molecule has 0 bridgehead atoms. The van der Waals surface area contributed by atoms with Crippen LogP contribution in [0, 0.1) is 5.92 Å². The molecule has 98 valence electrons. The van der Waals surface area contributed by atoms with Crippen molar-refractivity contribution in [1.29, 1.82) is 0 Å². The van der Waals surface area contributed by atoms with Gasteiger partial charge >= 0.3 is 5.97 Å². The Morgan fingerprint density at radius 1 is 1.47 bits per heavy atom. The molecule has 0 aromatic rings. The van der Waals surface area contributed by atoms with Crippen LogP contribution in [0.5, 0.6) is 0 Å². The molecule has 1 aliphatic rings. The lowest BCUT2D eigenvalue weighted by Gasteiger charge is -2.27. The smallest absolute Gasteiger partial charge is 0.305 e. The van der Waals surface area contributed by atoms with Crippen molar-refractivity contribution in [3.05, 3.63) is 0 Å². The largest absolute Gasteiger partial charge is 0.481 e. The van der Waals surface area contributed by atoms with Gasteiger partial charge in [-0.15, -0.1) is 0 Å². The maximum Gasteiger partial charge on any atom is 0.305 e. The third kappa shape index (κ3) is 4.00. The summed E-state index contributed by atoms with van der Waals surface area (Å²) in [4.78, 5) is 24.4. The van der Waals surface area contributed by atoms with Gasteiger partial charge in [0.15, 0.2) is 0 Å². The van der Waals surface area contributed by atoms with Gasteiger partial charge in [0.2, 0.25) is 5.91 Å². The molecule has 1 rings (SSSR count). The van der Waals surface area contributed by atoms with Crippen LogP contribution < -0.4 is 5.73 Å². The van der Waals surface area contributed by atoms with Crippen LogP contribution in [-0.2, 0) is 9.59 Å². The number of carbonyl (C=O) groups is 2. The zero-order valence-electron chi connectivity index (χ0n) is 10.6. The molecule has 1 fully saturated rings. The third-order valence-electron chi connectivity index (χ3n) is 3.38. The van der Waals surface area contributed by atoms with Crippen LogP contribution >= 0.6 is 0 Å². The molecule has 0 radical (unpaired) electrons. The average molecular weight is 242 g/mol. The Morgan fingerprint density at radius 3 is 2.47 bits per heavy atom. The van der Waals surface area contributed by atoms with Crippen LogP contribution in [0.1, 0.15) is 39.5 Å². The highest BCUT2D eigenvalue weighted by atomic mass is 16.4. The van der Waals surface area contributed by atoms with Crippen LogP contribution in [-0.4, -0.2) is 40.5 Å². The fraction of sp³-hybridized carbons (Fsp3) is 0.833. The maximum absolute atomic E-state index is 12.1. The van der Waals surface area contributed by atoms with Crippen molar-refractivity contribution < 1.29 is 14.7 Å². The fourth-order valence-electron chi connectivity index (χ4n) is 1.76. The molecule has 3 N–H and O–H groups in total. The van der Waals surface area contributed by atoms with Gasteiger partial charge in [-0.1, -0.05) is 20.3 Å². The SMILES string of the molecule is CCC(C)[C@H](N)C(=O)N(CCC(=O)O)C1CC1. The third-order valence-corrected chi connectivity index (χ3v) is 3.38. The normalized spacial score (nSPS) is 18.5. The van der Waals surface area contributed by atoms with Crippen molar-refractivity contribution in [2.75, 3.05) is 6.54 Å². The lowest BCUT2D eigenvalue weighted by Crippen LogP contribution is -2.48. The first-order valence-electron chi connectivity index (χ1n) is 6.25. The van der Waals surface area contributed by atoms with Crippen LogP contribution in [0.4, 0.5) is 0 Å².